The number of nitrogens with one attached hydrogen (secondary N) is 2. The Morgan fingerprint density at radius 1 is 1.41 bits per heavy atom. The van der Waals surface area contributed by atoms with E-state index in [1.54, 1.807) is 0 Å². The van der Waals surface area contributed by atoms with Gasteiger partial charge in [0.1, 0.15) is 0 Å². The van der Waals surface area contributed by atoms with Crippen molar-refractivity contribution < 1.29 is 9.53 Å². The molecule has 1 saturated carbocycles. The monoisotopic (exact) mass is 262 g/mol. The largest absolute Gasteiger partial charge is 0.376 e. The summed E-state index contributed by atoms with van der Waals surface area (Å²) >= 11 is 0. The van der Waals surface area contributed by atoms with E-state index in [1.165, 1.54) is 12.8 Å². The average molecular weight is 263 g/mol. The summed E-state index contributed by atoms with van der Waals surface area (Å²) in [4.78, 5) is 11.6. The molecule has 1 heterocycles. The van der Waals surface area contributed by atoms with Gasteiger partial charge in [-0.15, -0.1) is 12.4 Å². The highest BCUT2D eigenvalue weighted by Gasteiger charge is 2.24. The number of halogens is 1. The first kappa shape index (κ1) is 14.7. The van der Waals surface area contributed by atoms with Crippen molar-refractivity contribution in [3.63, 3.8) is 0 Å². The summed E-state index contributed by atoms with van der Waals surface area (Å²) in [5, 5.41) is 6.18. The number of rotatable bonds is 6. The molecule has 1 saturated heterocycles. The van der Waals surface area contributed by atoms with E-state index in [9.17, 15) is 4.79 Å². The first-order valence-electron chi connectivity index (χ1n) is 6.37. The highest BCUT2D eigenvalue weighted by molar-refractivity contribution is 5.85. The van der Waals surface area contributed by atoms with E-state index >= 15 is 0 Å². The van der Waals surface area contributed by atoms with E-state index in [-0.39, 0.29) is 30.5 Å². The Kier molecular flexibility index (Phi) is 6.23. The van der Waals surface area contributed by atoms with Crippen LogP contribution in [0.15, 0.2) is 0 Å². The lowest BCUT2D eigenvalue weighted by Crippen LogP contribution is -2.44. The Hall–Kier alpha value is -0.320. The minimum atomic E-state index is 0. The molecule has 17 heavy (non-hydrogen) atoms. The van der Waals surface area contributed by atoms with Gasteiger partial charge in [-0.3, -0.25) is 4.79 Å². The molecule has 5 heteroatoms. The molecule has 2 unspecified atom stereocenters. The fourth-order valence-corrected chi connectivity index (χ4v) is 2.11. The van der Waals surface area contributed by atoms with E-state index < -0.39 is 0 Å². The van der Waals surface area contributed by atoms with Crippen LogP contribution in [0, 0.1) is 5.92 Å². The lowest BCUT2D eigenvalue weighted by atomic mass is 10.1. The smallest absolute Gasteiger partial charge is 0.234 e. The third kappa shape index (κ3) is 5.23. The maximum Gasteiger partial charge on any atom is 0.234 e. The van der Waals surface area contributed by atoms with Crippen LogP contribution >= 0.6 is 12.4 Å². The Labute approximate surface area is 109 Å². The molecule has 0 aromatic heterocycles. The van der Waals surface area contributed by atoms with Crippen LogP contribution in [0.3, 0.4) is 0 Å². The Morgan fingerprint density at radius 3 is 2.76 bits per heavy atom. The zero-order valence-corrected chi connectivity index (χ0v) is 11.2. The molecule has 0 radical (unpaired) electrons. The van der Waals surface area contributed by atoms with Crippen LogP contribution in [0.2, 0.25) is 0 Å². The lowest BCUT2D eigenvalue weighted by molar-refractivity contribution is -0.121. The number of ether oxygens (including phenoxy) is 1. The van der Waals surface area contributed by atoms with Crippen molar-refractivity contribution in [3.05, 3.63) is 0 Å². The molecule has 4 nitrogen and oxygen atoms in total. The zero-order valence-electron chi connectivity index (χ0n) is 10.4. The van der Waals surface area contributed by atoms with Gasteiger partial charge in [0.2, 0.25) is 5.91 Å². The molecule has 1 aliphatic heterocycles. The number of hydrogen-bond acceptors (Lipinski definition) is 3. The van der Waals surface area contributed by atoms with Gasteiger partial charge in [-0.05, 0) is 45.1 Å². The molecular formula is C12H23ClN2O2. The Morgan fingerprint density at radius 2 is 2.18 bits per heavy atom. The van der Waals surface area contributed by atoms with Crippen molar-refractivity contribution in [1.82, 2.24) is 10.6 Å². The Bertz CT molecular complexity index is 241. The Balaban J connectivity index is 0.00000144. The molecule has 1 amide bonds. The fourth-order valence-electron chi connectivity index (χ4n) is 2.11. The minimum Gasteiger partial charge on any atom is -0.376 e. The normalized spacial score (nSPS) is 25.1. The van der Waals surface area contributed by atoms with Crippen LogP contribution in [-0.4, -0.2) is 37.7 Å². The topological polar surface area (TPSA) is 50.4 Å². The molecule has 2 rings (SSSR count). The summed E-state index contributed by atoms with van der Waals surface area (Å²) in [6.07, 6.45) is 5.04. The minimum absolute atomic E-state index is 0. The van der Waals surface area contributed by atoms with Gasteiger partial charge >= 0.3 is 0 Å². The SMILES string of the molecule is CC(NC(=O)CNCC1CC1)C1CCCO1.Cl. The van der Waals surface area contributed by atoms with Crippen LogP contribution in [0.25, 0.3) is 0 Å². The van der Waals surface area contributed by atoms with Crippen LogP contribution in [0.1, 0.15) is 32.6 Å². The standard InChI is InChI=1S/C12H22N2O2.ClH/c1-9(11-3-2-6-16-11)14-12(15)8-13-7-10-4-5-10;/h9-11,13H,2-8H2,1H3,(H,14,15);1H. The van der Waals surface area contributed by atoms with Gasteiger partial charge in [-0.1, -0.05) is 0 Å². The number of amides is 1. The van der Waals surface area contributed by atoms with Gasteiger partial charge in [0.15, 0.2) is 0 Å². The maximum absolute atomic E-state index is 11.6. The van der Waals surface area contributed by atoms with Gasteiger partial charge in [0, 0.05) is 6.61 Å². The quantitative estimate of drug-likeness (QED) is 0.754. The predicted molar refractivity (Wildman–Crippen MR) is 69.4 cm³/mol. The molecule has 0 spiro atoms. The van der Waals surface area contributed by atoms with Crippen LogP contribution < -0.4 is 10.6 Å². The highest BCUT2D eigenvalue weighted by Crippen LogP contribution is 2.27. The van der Waals surface area contributed by atoms with Crippen molar-refractivity contribution in [2.75, 3.05) is 19.7 Å². The van der Waals surface area contributed by atoms with E-state index in [0.29, 0.717) is 6.54 Å². The number of hydrogen-bond donors (Lipinski definition) is 2. The molecule has 2 aliphatic rings. The van der Waals surface area contributed by atoms with E-state index in [1.807, 2.05) is 6.92 Å². The van der Waals surface area contributed by atoms with Crippen molar-refractivity contribution in [2.45, 2.75) is 44.8 Å². The summed E-state index contributed by atoms with van der Waals surface area (Å²) in [5.41, 5.74) is 0. The zero-order chi connectivity index (χ0) is 11.4. The molecular weight excluding hydrogens is 240 g/mol. The number of carbonyl (C=O) groups is 1. The van der Waals surface area contributed by atoms with E-state index in [0.717, 1.165) is 31.9 Å². The fraction of sp³-hybridized carbons (Fsp3) is 0.917. The van der Waals surface area contributed by atoms with Crippen LogP contribution in [-0.2, 0) is 9.53 Å². The average Bonchev–Trinajstić information content (AvgIpc) is 2.91. The molecule has 2 atom stereocenters. The molecule has 2 N–H and O–H groups in total. The van der Waals surface area contributed by atoms with Gasteiger partial charge in [-0.25, -0.2) is 0 Å². The van der Waals surface area contributed by atoms with Gasteiger partial charge in [0.25, 0.3) is 0 Å². The molecule has 100 valence electrons. The predicted octanol–water partition coefficient (Wildman–Crippen LogP) is 1.09. The van der Waals surface area contributed by atoms with Crippen molar-refractivity contribution in [3.8, 4) is 0 Å². The molecule has 1 aliphatic carbocycles. The summed E-state index contributed by atoms with van der Waals surface area (Å²) in [7, 11) is 0. The van der Waals surface area contributed by atoms with Crippen molar-refractivity contribution in [1.29, 1.82) is 0 Å². The second-order valence-electron chi connectivity index (χ2n) is 4.98. The summed E-state index contributed by atoms with van der Waals surface area (Å²) in [5.74, 6) is 0.909. The van der Waals surface area contributed by atoms with Crippen LogP contribution in [0.4, 0.5) is 0 Å². The third-order valence-corrected chi connectivity index (χ3v) is 3.33. The van der Waals surface area contributed by atoms with E-state index in [2.05, 4.69) is 10.6 Å². The molecule has 0 aromatic carbocycles. The van der Waals surface area contributed by atoms with Crippen LogP contribution in [0.5, 0.6) is 0 Å². The van der Waals surface area contributed by atoms with E-state index in [4.69, 9.17) is 4.74 Å². The van der Waals surface area contributed by atoms with Gasteiger partial charge < -0.3 is 15.4 Å². The third-order valence-electron chi connectivity index (χ3n) is 3.33. The lowest BCUT2D eigenvalue weighted by Gasteiger charge is -2.20. The second kappa shape index (κ2) is 7.19. The summed E-state index contributed by atoms with van der Waals surface area (Å²) < 4.78 is 5.53. The highest BCUT2D eigenvalue weighted by atomic mass is 35.5. The molecule has 0 aromatic rings. The second-order valence-corrected chi connectivity index (χ2v) is 4.98. The first-order valence-corrected chi connectivity index (χ1v) is 6.37. The number of carbonyl (C=O) groups excluding carboxylic acids is 1. The summed E-state index contributed by atoms with van der Waals surface area (Å²) in [6, 6.07) is 0.137. The first-order chi connectivity index (χ1) is 7.75. The maximum atomic E-state index is 11.6. The molecule has 2 fully saturated rings. The van der Waals surface area contributed by atoms with Gasteiger partial charge in [-0.2, -0.15) is 0 Å². The summed E-state index contributed by atoms with van der Waals surface area (Å²) in [6.45, 7) is 4.29. The van der Waals surface area contributed by atoms with Crippen molar-refractivity contribution >= 4 is 18.3 Å². The molecule has 0 bridgehead atoms. The van der Waals surface area contributed by atoms with Gasteiger partial charge in [0.05, 0.1) is 18.7 Å². The van der Waals surface area contributed by atoms with Crippen molar-refractivity contribution in [2.24, 2.45) is 5.92 Å².